The minimum absolute atomic E-state index is 0.119. The van der Waals surface area contributed by atoms with Crippen molar-refractivity contribution < 1.29 is 19.1 Å². The number of halogens is 1. The quantitative estimate of drug-likeness (QED) is 0.577. The van der Waals surface area contributed by atoms with Gasteiger partial charge in [0.25, 0.3) is 11.8 Å². The number of β-amino-alcohol motifs (C(OH)–C–C–N with tert-alkyl or cyclic N) is 1. The molecule has 1 aromatic carbocycles. The Balaban J connectivity index is 2.01. The van der Waals surface area contributed by atoms with Crippen LogP contribution in [0.5, 0.6) is 0 Å². The molecule has 2 heterocycles. The highest BCUT2D eigenvalue weighted by Gasteiger charge is 2.36. The van der Waals surface area contributed by atoms with E-state index in [1.807, 2.05) is 30.3 Å². The summed E-state index contributed by atoms with van der Waals surface area (Å²) in [5.41, 5.74) is 1.24. The molecule has 0 saturated carbocycles. The van der Waals surface area contributed by atoms with Gasteiger partial charge in [-0.1, -0.05) is 28.1 Å². The second-order valence-corrected chi connectivity index (χ2v) is 7.36. The molecule has 0 bridgehead atoms. The fourth-order valence-corrected chi connectivity index (χ4v) is 3.17. The SMILES string of the molecule is CC1=C(C#N)C(=O)N(CC(C)O)C(=O)C1=Cc1ccc(-c2ccc(Br)cc2)o1. The molecule has 142 valence electrons. The molecular weight excluding hydrogens is 424 g/mol. The maximum Gasteiger partial charge on any atom is 0.271 e. The first-order valence-electron chi connectivity index (χ1n) is 8.55. The average molecular weight is 441 g/mol. The van der Waals surface area contributed by atoms with E-state index in [1.165, 1.54) is 13.0 Å². The van der Waals surface area contributed by atoms with Gasteiger partial charge in [-0.05, 0) is 49.8 Å². The largest absolute Gasteiger partial charge is 0.457 e. The standard InChI is InChI=1S/C21H17BrN2O4/c1-12(25)11-24-20(26)17(13(2)18(10-23)21(24)27)9-16-7-8-19(28-16)14-3-5-15(22)6-4-14/h3-9,12,25H,11H2,1-2H3. The summed E-state index contributed by atoms with van der Waals surface area (Å²) in [7, 11) is 0. The highest BCUT2D eigenvalue weighted by Crippen LogP contribution is 2.29. The van der Waals surface area contributed by atoms with Crippen LogP contribution in [-0.4, -0.2) is 34.5 Å². The molecule has 1 aliphatic heterocycles. The summed E-state index contributed by atoms with van der Waals surface area (Å²) < 4.78 is 6.77. The number of imide groups is 1. The number of carbonyl (C=O) groups is 2. The summed E-state index contributed by atoms with van der Waals surface area (Å²) in [6, 6.07) is 12.9. The zero-order valence-corrected chi connectivity index (χ0v) is 16.9. The van der Waals surface area contributed by atoms with Crippen molar-refractivity contribution >= 4 is 33.8 Å². The van der Waals surface area contributed by atoms with E-state index in [0.29, 0.717) is 17.1 Å². The number of aliphatic hydroxyl groups excluding tert-OH is 1. The Morgan fingerprint density at radius 1 is 1.21 bits per heavy atom. The van der Waals surface area contributed by atoms with Crippen LogP contribution in [0.2, 0.25) is 0 Å². The number of aliphatic hydroxyl groups is 1. The summed E-state index contributed by atoms with van der Waals surface area (Å²) in [6.45, 7) is 2.84. The van der Waals surface area contributed by atoms with Crippen molar-refractivity contribution in [3.8, 4) is 17.4 Å². The van der Waals surface area contributed by atoms with Gasteiger partial charge < -0.3 is 9.52 Å². The third-order valence-corrected chi connectivity index (χ3v) is 4.84. The van der Waals surface area contributed by atoms with Crippen molar-refractivity contribution in [1.82, 2.24) is 4.90 Å². The normalized spacial score (nSPS) is 17.2. The number of nitriles is 1. The highest BCUT2D eigenvalue weighted by molar-refractivity contribution is 9.10. The van der Waals surface area contributed by atoms with Crippen LogP contribution in [0, 0.1) is 11.3 Å². The number of nitrogens with zero attached hydrogens (tertiary/aromatic N) is 2. The van der Waals surface area contributed by atoms with Gasteiger partial charge in [0.2, 0.25) is 0 Å². The summed E-state index contributed by atoms with van der Waals surface area (Å²) >= 11 is 3.38. The summed E-state index contributed by atoms with van der Waals surface area (Å²) in [5, 5.41) is 18.9. The van der Waals surface area contributed by atoms with E-state index in [2.05, 4.69) is 15.9 Å². The molecule has 1 aromatic heterocycles. The van der Waals surface area contributed by atoms with Crippen molar-refractivity contribution in [3.05, 3.63) is 63.4 Å². The Hall–Kier alpha value is -2.95. The highest BCUT2D eigenvalue weighted by atomic mass is 79.9. The van der Waals surface area contributed by atoms with E-state index in [1.54, 1.807) is 19.1 Å². The number of hydrogen-bond acceptors (Lipinski definition) is 5. The van der Waals surface area contributed by atoms with Crippen molar-refractivity contribution in [2.45, 2.75) is 20.0 Å². The third-order valence-electron chi connectivity index (χ3n) is 4.31. The van der Waals surface area contributed by atoms with Gasteiger partial charge in [0.05, 0.1) is 12.6 Å². The number of rotatable bonds is 4. The molecule has 2 amide bonds. The van der Waals surface area contributed by atoms with Gasteiger partial charge in [0, 0.05) is 15.6 Å². The molecule has 1 N–H and O–H groups in total. The molecule has 0 fully saturated rings. The van der Waals surface area contributed by atoms with Crippen molar-refractivity contribution in [2.24, 2.45) is 0 Å². The lowest BCUT2D eigenvalue weighted by Gasteiger charge is -2.28. The molecule has 0 saturated heterocycles. The lowest BCUT2D eigenvalue weighted by atomic mass is 9.94. The zero-order chi connectivity index (χ0) is 20.4. The third kappa shape index (κ3) is 3.84. The lowest BCUT2D eigenvalue weighted by Crippen LogP contribution is -2.45. The zero-order valence-electron chi connectivity index (χ0n) is 15.3. The van der Waals surface area contributed by atoms with Crippen LogP contribution in [0.3, 0.4) is 0 Å². The van der Waals surface area contributed by atoms with E-state index >= 15 is 0 Å². The first-order chi connectivity index (χ1) is 13.3. The molecule has 1 unspecified atom stereocenters. The summed E-state index contributed by atoms with van der Waals surface area (Å²) in [5.74, 6) is -0.215. The Labute approximate surface area is 170 Å². The smallest absolute Gasteiger partial charge is 0.271 e. The predicted octanol–water partition coefficient (Wildman–Crippen LogP) is 3.68. The molecule has 6 nitrogen and oxygen atoms in total. The molecule has 0 aliphatic carbocycles. The van der Waals surface area contributed by atoms with Crippen LogP contribution in [-0.2, 0) is 9.59 Å². The molecule has 3 rings (SSSR count). The van der Waals surface area contributed by atoms with Crippen LogP contribution in [0.15, 0.2) is 62.0 Å². The molecular formula is C21H17BrN2O4. The minimum atomic E-state index is -0.903. The van der Waals surface area contributed by atoms with Crippen molar-refractivity contribution in [1.29, 1.82) is 5.26 Å². The summed E-state index contributed by atoms with van der Waals surface area (Å²) in [6.07, 6.45) is 0.610. The Kier molecular flexibility index (Phi) is 5.63. The molecule has 0 radical (unpaired) electrons. The fraction of sp³-hybridized carbons (Fsp3) is 0.190. The van der Waals surface area contributed by atoms with Crippen molar-refractivity contribution in [3.63, 3.8) is 0 Å². The van der Waals surface area contributed by atoms with E-state index in [9.17, 15) is 20.0 Å². The van der Waals surface area contributed by atoms with E-state index in [0.717, 1.165) is 14.9 Å². The minimum Gasteiger partial charge on any atom is -0.457 e. The van der Waals surface area contributed by atoms with E-state index in [4.69, 9.17) is 4.42 Å². The Bertz CT molecular complexity index is 1040. The lowest BCUT2D eigenvalue weighted by molar-refractivity contribution is -0.141. The van der Waals surface area contributed by atoms with Gasteiger partial charge in [0.15, 0.2) is 0 Å². The molecule has 7 heteroatoms. The Morgan fingerprint density at radius 2 is 1.89 bits per heavy atom. The van der Waals surface area contributed by atoms with Crippen LogP contribution >= 0.6 is 15.9 Å². The van der Waals surface area contributed by atoms with Gasteiger partial charge in [0.1, 0.15) is 23.2 Å². The van der Waals surface area contributed by atoms with Gasteiger partial charge in [-0.3, -0.25) is 14.5 Å². The van der Waals surface area contributed by atoms with Crippen LogP contribution in [0.1, 0.15) is 19.6 Å². The molecule has 0 spiro atoms. The van der Waals surface area contributed by atoms with Crippen LogP contribution in [0.4, 0.5) is 0 Å². The van der Waals surface area contributed by atoms with Gasteiger partial charge in [-0.2, -0.15) is 5.26 Å². The molecule has 1 aliphatic rings. The molecule has 28 heavy (non-hydrogen) atoms. The first-order valence-corrected chi connectivity index (χ1v) is 9.34. The van der Waals surface area contributed by atoms with E-state index in [-0.39, 0.29) is 17.7 Å². The number of carbonyl (C=O) groups excluding carboxylic acids is 2. The average Bonchev–Trinajstić information content (AvgIpc) is 3.12. The van der Waals surface area contributed by atoms with Crippen LogP contribution < -0.4 is 0 Å². The number of furan rings is 1. The maximum atomic E-state index is 12.8. The van der Waals surface area contributed by atoms with Gasteiger partial charge in [-0.15, -0.1) is 0 Å². The molecule has 2 aromatic rings. The van der Waals surface area contributed by atoms with Crippen molar-refractivity contribution in [2.75, 3.05) is 6.54 Å². The predicted molar refractivity (Wildman–Crippen MR) is 107 cm³/mol. The maximum absolute atomic E-state index is 12.8. The number of hydrogen-bond donors (Lipinski definition) is 1. The first kappa shape index (κ1) is 19.8. The monoisotopic (exact) mass is 440 g/mol. The summed E-state index contributed by atoms with van der Waals surface area (Å²) in [4.78, 5) is 26.1. The van der Waals surface area contributed by atoms with Crippen LogP contribution in [0.25, 0.3) is 17.4 Å². The second-order valence-electron chi connectivity index (χ2n) is 6.45. The topological polar surface area (TPSA) is 94.5 Å². The second kappa shape index (κ2) is 7.97. The van der Waals surface area contributed by atoms with E-state index < -0.39 is 17.9 Å². The molecule has 1 atom stereocenters. The number of benzene rings is 1. The number of amides is 2. The van der Waals surface area contributed by atoms with Gasteiger partial charge >= 0.3 is 0 Å². The van der Waals surface area contributed by atoms with Gasteiger partial charge in [-0.25, -0.2) is 0 Å². The Morgan fingerprint density at radius 3 is 2.50 bits per heavy atom. The fourth-order valence-electron chi connectivity index (χ4n) is 2.90.